The number of imidazole rings is 1. The number of rotatable bonds is 8. The molecule has 0 spiro atoms. The second-order valence-corrected chi connectivity index (χ2v) is 8.20. The van der Waals surface area contributed by atoms with Crippen molar-refractivity contribution >= 4 is 17.2 Å². The molecule has 0 radical (unpaired) electrons. The van der Waals surface area contributed by atoms with Gasteiger partial charge < -0.3 is 9.47 Å². The molecule has 2 atom stereocenters. The number of likely N-dealkylation sites (tertiary alicyclic amines) is 1. The van der Waals surface area contributed by atoms with Crippen molar-refractivity contribution < 1.29 is 4.79 Å². The van der Waals surface area contributed by atoms with Crippen molar-refractivity contribution in [2.24, 2.45) is 26.1 Å². The first-order valence-electron chi connectivity index (χ1n) is 11.0. The van der Waals surface area contributed by atoms with Crippen LogP contribution in [0.25, 0.3) is 11.2 Å². The number of fused-ring (bicyclic) bond motifs is 1. The van der Waals surface area contributed by atoms with Crippen LogP contribution in [0.2, 0.25) is 0 Å². The van der Waals surface area contributed by atoms with Gasteiger partial charge in [0.2, 0.25) is 6.08 Å². The van der Waals surface area contributed by atoms with Gasteiger partial charge in [-0.2, -0.15) is 4.99 Å². The Kier molecular flexibility index (Phi) is 7.25. The highest BCUT2D eigenvalue weighted by molar-refractivity contribution is 5.70. The topological polar surface area (TPSA) is 97.7 Å². The molecule has 3 rings (SSSR count). The molecule has 1 saturated heterocycles. The van der Waals surface area contributed by atoms with E-state index in [0.717, 1.165) is 55.8 Å². The predicted molar refractivity (Wildman–Crippen MR) is 119 cm³/mol. The number of aryl methyl sites for hydroxylation is 3. The molecule has 2 unspecified atom stereocenters. The van der Waals surface area contributed by atoms with Crippen LogP contribution in [0, 0.1) is 0 Å². The van der Waals surface area contributed by atoms with E-state index in [4.69, 9.17) is 0 Å². The van der Waals surface area contributed by atoms with E-state index in [1.54, 1.807) is 17.7 Å². The molecule has 2 aromatic heterocycles. The molecule has 0 saturated carbocycles. The standard InChI is InChI=1S/C21H33N7O3/c1-6-27(7-2)15-10-12-28(17(13-15)22-14-29)11-8-9-16-23-19-18(24(16)3)20(30)26(5)21(31)25(19)4/h15,17H,6-13H2,1-5H3. The lowest BCUT2D eigenvalue weighted by molar-refractivity contribution is 0.0728. The molecule has 31 heavy (non-hydrogen) atoms. The van der Waals surface area contributed by atoms with Crippen LogP contribution in [-0.2, 0) is 32.4 Å². The maximum Gasteiger partial charge on any atom is 0.332 e. The fourth-order valence-electron chi connectivity index (χ4n) is 4.73. The predicted octanol–water partition coefficient (Wildman–Crippen LogP) is 0.371. The van der Waals surface area contributed by atoms with Crippen molar-refractivity contribution in [2.75, 3.05) is 26.2 Å². The Bertz CT molecular complexity index is 1090. The number of isocyanates is 1. The molecule has 10 nitrogen and oxygen atoms in total. The Morgan fingerprint density at radius 1 is 1.13 bits per heavy atom. The molecular weight excluding hydrogens is 398 g/mol. The highest BCUT2D eigenvalue weighted by Gasteiger charge is 2.30. The third-order valence-electron chi connectivity index (χ3n) is 6.60. The molecule has 1 fully saturated rings. The van der Waals surface area contributed by atoms with Crippen LogP contribution < -0.4 is 11.2 Å². The number of piperidine rings is 1. The molecule has 0 N–H and O–H groups in total. The normalized spacial score (nSPS) is 19.8. The minimum absolute atomic E-state index is 0.148. The van der Waals surface area contributed by atoms with Crippen LogP contribution in [0.4, 0.5) is 0 Å². The maximum absolute atomic E-state index is 12.5. The molecule has 2 aromatic rings. The number of hydrogen-bond acceptors (Lipinski definition) is 7. The fraction of sp³-hybridized carbons (Fsp3) is 0.714. The molecule has 1 aliphatic heterocycles. The van der Waals surface area contributed by atoms with E-state index in [2.05, 4.69) is 33.6 Å². The first-order valence-corrected chi connectivity index (χ1v) is 11.0. The van der Waals surface area contributed by atoms with Crippen LogP contribution in [0.1, 0.15) is 38.9 Å². The van der Waals surface area contributed by atoms with E-state index in [9.17, 15) is 14.4 Å². The van der Waals surface area contributed by atoms with Gasteiger partial charge in [0, 0.05) is 46.7 Å². The number of aromatic nitrogens is 4. The second kappa shape index (κ2) is 9.72. The second-order valence-electron chi connectivity index (χ2n) is 8.20. The summed E-state index contributed by atoms with van der Waals surface area (Å²) in [5.41, 5.74) is 0.128. The molecule has 10 heteroatoms. The first kappa shape index (κ1) is 23.1. The van der Waals surface area contributed by atoms with Gasteiger partial charge in [0.05, 0.1) is 0 Å². The van der Waals surface area contributed by atoms with Gasteiger partial charge >= 0.3 is 5.69 Å². The molecule has 0 aliphatic carbocycles. The lowest BCUT2D eigenvalue weighted by Gasteiger charge is -2.41. The van der Waals surface area contributed by atoms with E-state index < -0.39 is 0 Å². The summed E-state index contributed by atoms with van der Waals surface area (Å²) in [4.78, 5) is 49.0. The fourth-order valence-corrected chi connectivity index (χ4v) is 4.73. The molecule has 0 amide bonds. The maximum atomic E-state index is 12.5. The number of aliphatic imine (C=N–C) groups is 1. The minimum Gasteiger partial charge on any atom is -0.325 e. The van der Waals surface area contributed by atoms with Crippen molar-refractivity contribution in [1.29, 1.82) is 0 Å². The zero-order valence-electron chi connectivity index (χ0n) is 19.2. The Hall–Kier alpha value is -2.55. The quantitative estimate of drug-likeness (QED) is 0.443. The lowest BCUT2D eigenvalue weighted by atomic mass is 10.00. The molecule has 1 aliphatic rings. The number of hydrogen-bond donors (Lipinski definition) is 0. The van der Waals surface area contributed by atoms with Gasteiger partial charge in [-0.1, -0.05) is 13.8 Å². The Labute approximate surface area is 181 Å². The van der Waals surface area contributed by atoms with Gasteiger partial charge in [0.15, 0.2) is 11.2 Å². The largest absolute Gasteiger partial charge is 0.332 e. The summed E-state index contributed by atoms with van der Waals surface area (Å²) >= 11 is 0. The van der Waals surface area contributed by atoms with Crippen LogP contribution in [0.15, 0.2) is 14.6 Å². The van der Waals surface area contributed by atoms with Crippen LogP contribution in [-0.4, -0.2) is 73.0 Å². The van der Waals surface area contributed by atoms with Crippen molar-refractivity contribution in [3.63, 3.8) is 0 Å². The third-order valence-corrected chi connectivity index (χ3v) is 6.60. The van der Waals surface area contributed by atoms with E-state index >= 15 is 0 Å². The average molecular weight is 432 g/mol. The summed E-state index contributed by atoms with van der Waals surface area (Å²) in [5, 5.41) is 0. The molecule has 170 valence electrons. The van der Waals surface area contributed by atoms with Gasteiger partial charge in [-0.15, -0.1) is 0 Å². The van der Waals surface area contributed by atoms with Crippen LogP contribution in [0.3, 0.4) is 0 Å². The molecule has 3 heterocycles. The van der Waals surface area contributed by atoms with Gasteiger partial charge in [0.1, 0.15) is 12.0 Å². The summed E-state index contributed by atoms with van der Waals surface area (Å²) in [6.45, 7) is 7.97. The minimum atomic E-state index is -0.382. The van der Waals surface area contributed by atoms with Gasteiger partial charge in [-0.25, -0.2) is 14.6 Å². The van der Waals surface area contributed by atoms with E-state index in [1.807, 2.05) is 7.05 Å². The van der Waals surface area contributed by atoms with Crippen LogP contribution >= 0.6 is 0 Å². The Balaban J connectivity index is 1.72. The average Bonchev–Trinajstić information content (AvgIpc) is 3.09. The number of nitrogens with zero attached hydrogens (tertiary/aromatic N) is 7. The summed E-state index contributed by atoms with van der Waals surface area (Å²) in [6.07, 6.45) is 4.96. The Morgan fingerprint density at radius 3 is 2.48 bits per heavy atom. The molecule has 0 aromatic carbocycles. The van der Waals surface area contributed by atoms with Crippen molar-refractivity contribution in [1.82, 2.24) is 28.5 Å². The monoisotopic (exact) mass is 431 g/mol. The highest BCUT2D eigenvalue weighted by Crippen LogP contribution is 2.23. The van der Waals surface area contributed by atoms with Gasteiger partial charge in [0.25, 0.3) is 5.56 Å². The summed E-state index contributed by atoms with van der Waals surface area (Å²) in [7, 11) is 4.92. The molecule has 0 bridgehead atoms. The van der Waals surface area contributed by atoms with E-state index in [0.29, 0.717) is 23.6 Å². The molecular formula is C21H33N7O3. The summed E-state index contributed by atoms with van der Waals surface area (Å²) in [6, 6.07) is 0.436. The van der Waals surface area contributed by atoms with Crippen molar-refractivity contribution in [3.8, 4) is 0 Å². The lowest BCUT2D eigenvalue weighted by Crippen LogP contribution is -2.49. The summed E-state index contributed by atoms with van der Waals surface area (Å²) < 4.78 is 4.30. The van der Waals surface area contributed by atoms with E-state index in [-0.39, 0.29) is 17.4 Å². The zero-order chi connectivity index (χ0) is 22.7. The van der Waals surface area contributed by atoms with Gasteiger partial charge in [-0.3, -0.25) is 18.8 Å². The first-order chi connectivity index (χ1) is 14.8. The van der Waals surface area contributed by atoms with Crippen LogP contribution in [0.5, 0.6) is 0 Å². The van der Waals surface area contributed by atoms with Crippen molar-refractivity contribution in [3.05, 3.63) is 26.7 Å². The SMILES string of the molecule is CCN(CC)C1CCN(CCCc2nc3c(c(=O)n(C)c(=O)n3C)n2C)C(N=C=O)C1. The van der Waals surface area contributed by atoms with Gasteiger partial charge in [-0.05, 0) is 32.4 Å². The smallest absolute Gasteiger partial charge is 0.325 e. The number of carbonyl (C=O) groups excluding carboxylic acids is 1. The summed E-state index contributed by atoms with van der Waals surface area (Å²) in [5.74, 6) is 0.766. The van der Waals surface area contributed by atoms with E-state index in [1.165, 1.54) is 11.6 Å². The highest BCUT2D eigenvalue weighted by atomic mass is 16.2. The third kappa shape index (κ3) is 4.42. The zero-order valence-corrected chi connectivity index (χ0v) is 19.2. The Morgan fingerprint density at radius 2 is 1.84 bits per heavy atom. The van der Waals surface area contributed by atoms with Crippen molar-refractivity contribution in [2.45, 2.75) is 51.7 Å².